The first kappa shape index (κ1) is 5.96. The van der Waals surface area contributed by atoms with Crippen LogP contribution in [0.1, 0.15) is 0 Å². The predicted molar refractivity (Wildman–Crippen MR) is 35.4 cm³/mol. The van der Waals surface area contributed by atoms with Gasteiger partial charge in [0.25, 0.3) is 0 Å². The van der Waals surface area contributed by atoms with E-state index >= 15 is 0 Å². The van der Waals surface area contributed by atoms with Gasteiger partial charge in [-0.05, 0) is 12.1 Å². The Balaban J connectivity index is 3.07. The fraction of sp³-hybridized carbons (Fsp3) is 0. The van der Waals surface area contributed by atoms with Crippen LogP contribution in [-0.2, 0) is 0 Å². The van der Waals surface area contributed by atoms with E-state index in [1.807, 2.05) is 0 Å². The van der Waals surface area contributed by atoms with Crippen LogP contribution in [0.5, 0.6) is 5.95 Å². The van der Waals surface area contributed by atoms with Crippen molar-refractivity contribution in [3.63, 3.8) is 0 Å². The Morgan fingerprint density at radius 3 is 3.18 bits per heavy atom. The maximum absolute atomic E-state index is 10.8. The van der Waals surface area contributed by atoms with Crippen LogP contribution in [0.4, 0.5) is 0 Å². The smallest absolute Gasteiger partial charge is 0.443 e. The van der Waals surface area contributed by atoms with Crippen molar-refractivity contribution in [2.24, 2.45) is 0 Å². The molecule has 5 nitrogen and oxygen atoms in total. The molecule has 0 radical (unpaired) electrons. The molecule has 0 saturated heterocycles. The minimum atomic E-state index is -0.682. The van der Waals surface area contributed by atoms with Gasteiger partial charge in [0.1, 0.15) is 0 Å². The van der Waals surface area contributed by atoms with E-state index in [0.717, 1.165) is 4.52 Å². The summed E-state index contributed by atoms with van der Waals surface area (Å²) in [6.45, 7) is 0. The van der Waals surface area contributed by atoms with Crippen molar-refractivity contribution in [1.82, 2.24) is 9.61 Å². The largest absolute Gasteiger partial charge is 0.479 e. The third-order valence-electron chi connectivity index (χ3n) is 1.33. The number of nitrogens with zero attached hydrogens (tertiary/aromatic N) is 2. The van der Waals surface area contributed by atoms with Crippen molar-refractivity contribution >= 4 is 5.52 Å². The number of aromatic nitrogens is 2. The summed E-state index contributed by atoms with van der Waals surface area (Å²) >= 11 is 0. The molecular weight excluding hydrogens is 148 g/mol. The molecule has 0 aliphatic heterocycles. The van der Waals surface area contributed by atoms with E-state index in [0.29, 0.717) is 0 Å². The quantitative estimate of drug-likeness (QED) is 0.576. The molecule has 2 aromatic rings. The van der Waals surface area contributed by atoms with Gasteiger partial charge in [-0.25, -0.2) is 4.79 Å². The van der Waals surface area contributed by atoms with Crippen LogP contribution < -0.4 is 5.76 Å². The van der Waals surface area contributed by atoms with E-state index < -0.39 is 11.7 Å². The second-order valence-electron chi connectivity index (χ2n) is 1.99. The number of oxazole rings is 1. The monoisotopic (exact) mass is 152 g/mol. The fourth-order valence-corrected chi connectivity index (χ4v) is 0.858. The second-order valence-corrected chi connectivity index (χ2v) is 1.99. The maximum atomic E-state index is 10.8. The molecule has 0 bridgehead atoms. The zero-order valence-corrected chi connectivity index (χ0v) is 5.39. The minimum absolute atomic E-state index is 0.275. The van der Waals surface area contributed by atoms with Crippen LogP contribution in [0, 0.1) is 0 Å². The summed E-state index contributed by atoms with van der Waals surface area (Å²) in [5.74, 6) is -1.08. The Labute approximate surface area is 60.5 Å². The van der Waals surface area contributed by atoms with E-state index in [1.165, 1.54) is 12.3 Å². The Kier molecular flexibility index (Phi) is 1.00. The van der Waals surface area contributed by atoms with Crippen LogP contribution in [0.2, 0.25) is 0 Å². The van der Waals surface area contributed by atoms with Gasteiger partial charge in [-0.3, -0.25) is 0 Å². The average Bonchev–Trinajstić information content (AvgIpc) is 2.30. The van der Waals surface area contributed by atoms with Crippen molar-refractivity contribution in [2.45, 2.75) is 0 Å². The summed E-state index contributed by atoms with van der Waals surface area (Å²) in [5.41, 5.74) is 0.275. The first-order valence-corrected chi connectivity index (χ1v) is 2.95. The summed E-state index contributed by atoms with van der Waals surface area (Å²) in [7, 11) is 0. The van der Waals surface area contributed by atoms with Crippen LogP contribution in [0.15, 0.2) is 27.5 Å². The maximum Gasteiger partial charge on any atom is 0.443 e. The van der Waals surface area contributed by atoms with Gasteiger partial charge in [0.05, 0.1) is 0 Å². The van der Waals surface area contributed by atoms with Crippen LogP contribution in [-0.4, -0.2) is 14.7 Å². The highest BCUT2D eigenvalue weighted by Gasteiger charge is 2.06. The molecule has 0 amide bonds. The van der Waals surface area contributed by atoms with Gasteiger partial charge >= 0.3 is 11.7 Å². The molecule has 0 saturated carbocycles. The molecule has 11 heavy (non-hydrogen) atoms. The van der Waals surface area contributed by atoms with Gasteiger partial charge in [-0.15, -0.1) is 0 Å². The average molecular weight is 152 g/mol. The summed E-state index contributed by atoms with van der Waals surface area (Å²) in [6, 6.07) is 3.14. The topological polar surface area (TPSA) is 67.7 Å². The second kappa shape index (κ2) is 1.85. The zero-order chi connectivity index (χ0) is 7.84. The van der Waals surface area contributed by atoms with Crippen molar-refractivity contribution < 1.29 is 9.52 Å². The van der Waals surface area contributed by atoms with Crippen LogP contribution in [0.3, 0.4) is 0 Å². The van der Waals surface area contributed by atoms with E-state index in [2.05, 4.69) is 9.52 Å². The Hall–Kier alpha value is -1.78. The number of rotatable bonds is 0. The Morgan fingerprint density at radius 1 is 1.64 bits per heavy atom. The van der Waals surface area contributed by atoms with Gasteiger partial charge in [0.15, 0.2) is 5.52 Å². The van der Waals surface area contributed by atoms with Gasteiger partial charge in [-0.1, -0.05) is 0 Å². The highest BCUT2D eigenvalue weighted by atomic mass is 16.5. The van der Waals surface area contributed by atoms with Gasteiger partial charge < -0.3 is 9.52 Å². The first-order valence-electron chi connectivity index (χ1n) is 2.95. The number of fused-ring (bicyclic) bond motifs is 1. The summed E-state index contributed by atoms with van der Waals surface area (Å²) in [5, 5.41) is 12.6. The summed E-state index contributed by atoms with van der Waals surface area (Å²) in [4.78, 5) is 10.8. The molecule has 2 rings (SSSR count). The van der Waals surface area contributed by atoms with Crippen LogP contribution in [0.25, 0.3) is 5.52 Å². The summed E-state index contributed by atoms with van der Waals surface area (Å²) < 4.78 is 5.35. The molecule has 5 heteroatoms. The molecule has 0 atom stereocenters. The highest BCUT2D eigenvalue weighted by molar-refractivity contribution is 5.52. The summed E-state index contributed by atoms with van der Waals surface area (Å²) in [6.07, 6.45) is 1.43. The third kappa shape index (κ3) is 0.706. The Bertz CT molecular complexity index is 442. The van der Waals surface area contributed by atoms with Gasteiger partial charge in [-0.2, -0.15) is 9.61 Å². The van der Waals surface area contributed by atoms with Crippen molar-refractivity contribution in [1.29, 1.82) is 0 Å². The lowest BCUT2D eigenvalue weighted by Gasteiger charge is -1.84. The van der Waals surface area contributed by atoms with Crippen LogP contribution >= 0.6 is 0 Å². The number of hydrogen-bond donors (Lipinski definition) is 1. The molecule has 56 valence electrons. The first-order chi connectivity index (χ1) is 5.29. The molecule has 2 aromatic heterocycles. The van der Waals surface area contributed by atoms with Crippen molar-refractivity contribution in [3.05, 3.63) is 28.9 Å². The third-order valence-corrected chi connectivity index (χ3v) is 1.33. The Morgan fingerprint density at radius 2 is 2.45 bits per heavy atom. The molecule has 1 N–H and O–H groups in total. The van der Waals surface area contributed by atoms with E-state index in [9.17, 15) is 4.79 Å². The zero-order valence-electron chi connectivity index (χ0n) is 5.39. The molecular formula is C6H4N2O3. The van der Waals surface area contributed by atoms with E-state index in [-0.39, 0.29) is 5.52 Å². The van der Waals surface area contributed by atoms with E-state index in [4.69, 9.17) is 5.11 Å². The number of aromatic hydroxyl groups is 1. The highest BCUT2D eigenvalue weighted by Crippen LogP contribution is 2.13. The number of hydrogen-bond acceptors (Lipinski definition) is 4. The lowest BCUT2D eigenvalue weighted by molar-refractivity contribution is 0.321. The molecule has 0 fully saturated rings. The predicted octanol–water partition coefficient (Wildman–Crippen LogP) is -0.00690. The molecule has 0 unspecified atom stereocenters. The lowest BCUT2D eigenvalue weighted by Crippen LogP contribution is -2.07. The minimum Gasteiger partial charge on any atom is -0.479 e. The molecule has 0 aliphatic rings. The van der Waals surface area contributed by atoms with Gasteiger partial charge in [0, 0.05) is 6.20 Å². The van der Waals surface area contributed by atoms with Gasteiger partial charge in [0.2, 0.25) is 0 Å². The van der Waals surface area contributed by atoms with Crippen molar-refractivity contribution in [3.8, 4) is 5.95 Å². The molecule has 0 aliphatic carbocycles. The molecule has 2 heterocycles. The molecule has 0 aromatic carbocycles. The molecule has 0 spiro atoms. The van der Waals surface area contributed by atoms with Crippen molar-refractivity contribution in [2.75, 3.05) is 0 Å². The fourth-order valence-electron chi connectivity index (χ4n) is 0.858. The lowest BCUT2D eigenvalue weighted by atomic mass is 10.5. The SMILES string of the molecule is O=c1oc(O)c2cccnn12. The normalized spacial score (nSPS) is 10.5. The van der Waals surface area contributed by atoms with E-state index in [1.54, 1.807) is 6.07 Å². The standard InChI is InChI=1S/C6H4N2O3/c9-5-4-2-1-3-7-8(4)6(10)11-5/h1-3,9H.